The molecule has 0 amide bonds. The molecule has 2 N–H and O–H groups in total. The Bertz CT molecular complexity index is 1480. The fourth-order valence-electron chi connectivity index (χ4n) is 6.84. The second-order valence-corrected chi connectivity index (χ2v) is 17.8. The quantitative estimate of drug-likeness (QED) is 0.129. The van der Waals surface area contributed by atoms with Crippen LogP contribution in [-0.2, 0) is 0 Å². The second-order valence-electron chi connectivity index (χ2n) is 12.3. The molecule has 1 atom stereocenters. The van der Waals surface area contributed by atoms with Gasteiger partial charge < -0.3 is 9.97 Å². The molecule has 0 radical (unpaired) electrons. The smallest absolute Gasteiger partial charge is 0.209 e. The highest BCUT2D eigenvalue weighted by Crippen LogP contribution is 2.41. The van der Waals surface area contributed by atoms with Gasteiger partial charge >= 0.3 is 0 Å². The molecule has 4 rings (SSSR count). The Labute approximate surface area is 241 Å². The standard InChI is InChI=1S/C36H44N2OSi/c1-23(2)40(24(3)4,25(5)6)20-18-29-12-14-30(15-13-29)36(39)33-17-16-32(38-33)35(31-11-10-19-37-31)34-27(8)21-26(7)22-28(34)9/h10-17,19,21-25,35,37-38H,1-9H3. The van der Waals surface area contributed by atoms with Crippen LogP contribution in [0.5, 0.6) is 0 Å². The van der Waals surface area contributed by atoms with Gasteiger partial charge in [0.1, 0.15) is 8.07 Å². The van der Waals surface area contributed by atoms with E-state index in [9.17, 15) is 4.79 Å². The third kappa shape index (κ3) is 5.67. The Kier molecular flexibility index (Phi) is 8.76. The zero-order chi connectivity index (χ0) is 29.2. The van der Waals surface area contributed by atoms with Crippen molar-refractivity contribution < 1.29 is 4.79 Å². The maximum Gasteiger partial charge on any atom is 0.209 e. The van der Waals surface area contributed by atoms with E-state index >= 15 is 0 Å². The number of aromatic nitrogens is 2. The van der Waals surface area contributed by atoms with Gasteiger partial charge in [0, 0.05) is 28.7 Å². The third-order valence-electron chi connectivity index (χ3n) is 8.66. The van der Waals surface area contributed by atoms with Crippen molar-refractivity contribution in [2.45, 2.75) is 84.9 Å². The molecule has 3 nitrogen and oxygen atoms in total. The highest BCUT2D eigenvalue weighted by Gasteiger charge is 2.41. The summed E-state index contributed by atoms with van der Waals surface area (Å²) in [6.45, 7) is 20.4. The summed E-state index contributed by atoms with van der Waals surface area (Å²) in [5.41, 5.74) is 14.9. The van der Waals surface area contributed by atoms with Gasteiger partial charge in [0.2, 0.25) is 5.78 Å². The predicted octanol–water partition coefficient (Wildman–Crippen LogP) is 9.25. The Hall–Kier alpha value is -3.55. The molecule has 208 valence electrons. The van der Waals surface area contributed by atoms with Crippen LogP contribution in [0.15, 0.2) is 66.9 Å². The number of carbonyl (C=O) groups excluding carboxylic acids is 1. The van der Waals surface area contributed by atoms with Crippen molar-refractivity contribution in [2.24, 2.45) is 0 Å². The van der Waals surface area contributed by atoms with Crippen molar-refractivity contribution in [1.29, 1.82) is 0 Å². The van der Waals surface area contributed by atoms with Gasteiger partial charge in [-0.15, -0.1) is 5.54 Å². The maximum absolute atomic E-state index is 13.5. The minimum absolute atomic E-state index is 0.0105. The summed E-state index contributed by atoms with van der Waals surface area (Å²) in [6, 6.07) is 20.4. The van der Waals surface area contributed by atoms with Gasteiger partial charge in [-0.25, -0.2) is 0 Å². The van der Waals surface area contributed by atoms with E-state index in [0.717, 1.165) is 17.0 Å². The monoisotopic (exact) mass is 548 g/mol. The van der Waals surface area contributed by atoms with E-state index in [1.807, 2.05) is 48.7 Å². The van der Waals surface area contributed by atoms with Gasteiger partial charge in [-0.2, -0.15) is 0 Å². The first-order valence-electron chi connectivity index (χ1n) is 14.5. The van der Waals surface area contributed by atoms with E-state index in [1.54, 1.807) is 0 Å². The van der Waals surface area contributed by atoms with Gasteiger partial charge in [0.05, 0.1) is 11.6 Å². The minimum Gasteiger partial charge on any atom is -0.364 e. The Morgan fingerprint density at radius 1 is 0.775 bits per heavy atom. The fourth-order valence-corrected chi connectivity index (χ4v) is 12.1. The fraction of sp³-hybridized carbons (Fsp3) is 0.361. The molecule has 0 aliphatic carbocycles. The normalized spacial score (nSPS) is 12.6. The van der Waals surface area contributed by atoms with Crippen LogP contribution in [0.3, 0.4) is 0 Å². The van der Waals surface area contributed by atoms with E-state index in [2.05, 4.69) is 102 Å². The first kappa shape index (κ1) is 29.4. The van der Waals surface area contributed by atoms with Crippen molar-refractivity contribution >= 4 is 13.9 Å². The molecule has 0 aliphatic rings. The number of H-pyrrole nitrogens is 2. The van der Waals surface area contributed by atoms with Gasteiger partial charge in [0.15, 0.2) is 0 Å². The lowest BCUT2D eigenvalue weighted by molar-refractivity contribution is 0.103. The Morgan fingerprint density at radius 3 is 1.90 bits per heavy atom. The molecular formula is C36H44N2OSi. The first-order chi connectivity index (χ1) is 19.0. The zero-order valence-corrected chi connectivity index (χ0v) is 26.6. The number of rotatable bonds is 8. The Morgan fingerprint density at radius 2 is 1.38 bits per heavy atom. The van der Waals surface area contributed by atoms with E-state index in [-0.39, 0.29) is 11.7 Å². The minimum atomic E-state index is -1.80. The predicted molar refractivity (Wildman–Crippen MR) is 171 cm³/mol. The summed E-state index contributed by atoms with van der Waals surface area (Å²) in [6.07, 6.45) is 1.96. The summed E-state index contributed by atoms with van der Waals surface area (Å²) in [5, 5.41) is 0. The van der Waals surface area contributed by atoms with Crippen LogP contribution in [0.1, 0.15) is 103 Å². The van der Waals surface area contributed by atoms with Crippen LogP contribution in [0.2, 0.25) is 16.6 Å². The van der Waals surface area contributed by atoms with Crippen LogP contribution in [0.4, 0.5) is 0 Å². The largest absolute Gasteiger partial charge is 0.364 e. The summed E-state index contributed by atoms with van der Waals surface area (Å²) >= 11 is 0. The molecule has 40 heavy (non-hydrogen) atoms. The summed E-state index contributed by atoms with van der Waals surface area (Å²) in [7, 11) is -1.80. The second kappa shape index (κ2) is 11.9. The number of carbonyl (C=O) groups is 1. The third-order valence-corrected chi connectivity index (χ3v) is 15.0. The lowest BCUT2D eigenvalue weighted by atomic mass is 9.85. The molecule has 0 saturated heterocycles. The summed E-state index contributed by atoms with van der Waals surface area (Å²) in [5.74, 6) is 3.47. The van der Waals surface area contributed by atoms with Gasteiger partial charge in [-0.3, -0.25) is 4.79 Å². The van der Waals surface area contributed by atoms with Crippen LogP contribution >= 0.6 is 0 Å². The number of aromatic amines is 2. The number of nitrogens with one attached hydrogen (secondary N) is 2. The first-order valence-corrected chi connectivity index (χ1v) is 16.8. The molecule has 0 bridgehead atoms. The molecule has 2 heterocycles. The molecule has 2 aromatic heterocycles. The maximum atomic E-state index is 13.5. The van der Waals surface area contributed by atoms with Crippen molar-refractivity contribution in [2.75, 3.05) is 0 Å². The summed E-state index contributed by atoms with van der Waals surface area (Å²) in [4.78, 5) is 20.4. The van der Waals surface area contributed by atoms with E-state index in [1.165, 1.54) is 22.3 Å². The molecule has 2 aromatic carbocycles. The Balaban J connectivity index is 1.63. The molecule has 0 aliphatic heterocycles. The van der Waals surface area contributed by atoms with Crippen LogP contribution in [-0.4, -0.2) is 23.8 Å². The number of benzene rings is 2. The van der Waals surface area contributed by atoms with Crippen LogP contribution < -0.4 is 0 Å². The van der Waals surface area contributed by atoms with Gasteiger partial charge in [-0.05, 0) is 103 Å². The molecular weight excluding hydrogens is 504 g/mol. The number of ketones is 1. The zero-order valence-electron chi connectivity index (χ0n) is 25.6. The SMILES string of the molecule is Cc1cc(C)c(C(c2ccc[nH]2)c2ccc(C(=O)c3ccc(C#C[Si](C(C)C)(C(C)C)C(C)C)cc3)[nH]2)c(C)c1. The molecule has 4 aromatic rings. The number of aryl methyl sites for hydroxylation is 3. The summed E-state index contributed by atoms with van der Waals surface area (Å²) < 4.78 is 0. The highest BCUT2D eigenvalue weighted by atomic mass is 28.3. The molecule has 0 fully saturated rings. The van der Waals surface area contributed by atoms with Crippen molar-refractivity contribution in [3.63, 3.8) is 0 Å². The average molecular weight is 549 g/mol. The highest BCUT2D eigenvalue weighted by molar-refractivity contribution is 6.90. The van der Waals surface area contributed by atoms with Crippen molar-refractivity contribution in [1.82, 2.24) is 9.97 Å². The van der Waals surface area contributed by atoms with Crippen molar-refractivity contribution in [3.05, 3.63) is 117 Å². The average Bonchev–Trinajstić information content (AvgIpc) is 3.59. The molecule has 0 spiro atoms. The van der Waals surface area contributed by atoms with E-state index in [4.69, 9.17) is 0 Å². The van der Waals surface area contributed by atoms with Gasteiger partial charge in [-0.1, -0.05) is 65.2 Å². The lowest BCUT2D eigenvalue weighted by Crippen LogP contribution is -2.43. The molecule has 1 unspecified atom stereocenters. The molecule has 0 saturated carbocycles. The number of hydrogen-bond donors (Lipinski definition) is 2. The van der Waals surface area contributed by atoms with E-state index < -0.39 is 8.07 Å². The topological polar surface area (TPSA) is 48.6 Å². The van der Waals surface area contributed by atoms with Crippen LogP contribution in [0.25, 0.3) is 0 Å². The molecule has 4 heteroatoms. The van der Waals surface area contributed by atoms with Crippen LogP contribution in [0, 0.1) is 32.2 Å². The lowest BCUT2D eigenvalue weighted by Gasteiger charge is -2.38. The van der Waals surface area contributed by atoms with E-state index in [0.29, 0.717) is 27.9 Å². The van der Waals surface area contributed by atoms with Crippen molar-refractivity contribution in [3.8, 4) is 11.5 Å². The van der Waals surface area contributed by atoms with Gasteiger partial charge in [0.25, 0.3) is 0 Å². The number of hydrogen-bond acceptors (Lipinski definition) is 1.